The molecular formula is C11H13BrF3NO5S. The Morgan fingerprint density at radius 2 is 1.68 bits per heavy atom. The van der Waals surface area contributed by atoms with Crippen molar-refractivity contribution in [2.45, 2.75) is 5.51 Å². The van der Waals surface area contributed by atoms with Crippen LogP contribution in [-0.4, -0.2) is 50.7 Å². The van der Waals surface area contributed by atoms with Crippen LogP contribution in [0.1, 0.15) is 10.4 Å². The van der Waals surface area contributed by atoms with Crippen LogP contribution in [0.2, 0.25) is 0 Å². The van der Waals surface area contributed by atoms with Crippen LogP contribution in [0, 0.1) is 0 Å². The number of halogens is 4. The van der Waals surface area contributed by atoms with Gasteiger partial charge in [0.05, 0.1) is 26.7 Å². The Hall–Kier alpha value is -1.17. The predicted molar refractivity (Wildman–Crippen MR) is 76.4 cm³/mol. The van der Waals surface area contributed by atoms with E-state index in [1.807, 2.05) is 33.3 Å². The molecular weight excluding hydrogens is 395 g/mol. The highest BCUT2D eigenvalue weighted by Crippen LogP contribution is 2.25. The van der Waals surface area contributed by atoms with Gasteiger partial charge in [-0.3, -0.25) is 4.48 Å². The van der Waals surface area contributed by atoms with E-state index < -0.39 is 21.6 Å². The lowest BCUT2D eigenvalue weighted by atomic mass is 10.2. The van der Waals surface area contributed by atoms with Gasteiger partial charge in [-0.1, -0.05) is 0 Å². The van der Waals surface area contributed by atoms with E-state index in [1.165, 1.54) is 0 Å². The number of carboxylic acids is 1. The standard InChI is InChI=1S/C10H12BrNO2.CHF3O3S/c1-12(2,3)7-4-5-8(10(13)14)9(11)6-7;2-1(3,4)8(5,6)7/h4-6H,1-3H3;(H,5,6,7). The molecule has 0 atom stereocenters. The molecule has 0 unspecified atom stereocenters. The summed E-state index contributed by atoms with van der Waals surface area (Å²) in [6.07, 6.45) is 0. The maximum absolute atomic E-state index is 10.7. The highest BCUT2D eigenvalue weighted by Gasteiger charge is 2.36. The SMILES string of the molecule is C[N+](C)(C)c1ccc(C(=O)O)c(Br)c1.O=S(=O)([O-])C(F)(F)F. The topological polar surface area (TPSA) is 94.5 Å². The van der Waals surface area contributed by atoms with Gasteiger partial charge in [0.2, 0.25) is 0 Å². The molecule has 0 heterocycles. The van der Waals surface area contributed by atoms with E-state index in [4.69, 9.17) is 18.1 Å². The Kier molecular flexibility index (Phi) is 6.57. The molecule has 1 N–H and O–H groups in total. The zero-order valence-electron chi connectivity index (χ0n) is 11.7. The van der Waals surface area contributed by atoms with Gasteiger partial charge in [0.25, 0.3) is 0 Å². The van der Waals surface area contributed by atoms with Crippen molar-refractivity contribution in [2.75, 3.05) is 21.1 Å². The number of benzene rings is 1. The summed E-state index contributed by atoms with van der Waals surface area (Å²) in [4.78, 5) is 10.7. The van der Waals surface area contributed by atoms with Crippen LogP contribution < -0.4 is 4.48 Å². The molecule has 1 rings (SSSR count). The molecule has 0 aliphatic carbocycles. The second-order valence-corrected chi connectivity index (χ2v) is 7.11. The van der Waals surface area contributed by atoms with Crippen molar-refractivity contribution in [1.29, 1.82) is 0 Å². The van der Waals surface area contributed by atoms with Gasteiger partial charge in [-0.2, -0.15) is 13.2 Å². The Morgan fingerprint density at radius 3 is 1.91 bits per heavy atom. The summed E-state index contributed by atoms with van der Waals surface area (Å²) in [5.74, 6) is -0.912. The molecule has 126 valence electrons. The molecule has 6 nitrogen and oxygen atoms in total. The van der Waals surface area contributed by atoms with Crippen molar-refractivity contribution in [3.63, 3.8) is 0 Å². The van der Waals surface area contributed by atoms with E-state index in [0.29, 0.717) is 14.5 Å². The third kappa shape index (κ3) is 6.30. The molecule has 0 bridgehead atoms. The molecule has 11 heteroatoms. The molecule has 22 heavy (non-hydrogen) atoms. The fourth-order valence-electron chi connectivity index (χ4n) is 1.09. The van der Waals surface area contributed by atoms with Gasteiger partial charge in [0.15, 0.2) is 10.1 Å². The van der Waals surface area contributed by atoms with Crippen molar-refractivity contribution < 1.29 is 36.0 Å². The molecule has 0 amide bonds. The van der Waals surface area contributed by atoms with Crippen LogP contribution in [0.15, 0.2) is 22.7 Å². The Balaban J connectivity index is 0.000000472. The lowest BCUT2D eigenvalue weighted by Crippen LogP contribution is -2.34. The summed E-state index contributed by atoms with van der Waals surface area (Å²) in [6, 6.07) is 5.28. The first-order chi connectivity index (χ1) is 9.57. The lowest BCUT2D eigenvalue weighted by molar-refractivity contribution is -0.0517. The number of rotatable bonds is 2. The third-order valence-corrected chi connectivity index (χ3v) is 3.46. The van der Waals surface area contributed by atoms with Gasteiger partial charge in [-0.25, -0.2) is 13.2 Å². The first-order valence-corrected chi connectivity index (χ1v) is 7.64. The number of carboxylic acid groups (broad SMARTS) is 1. The maximum Gasteiger partial charge on any atom is 0.485 e. The summed E-state index contributed by atoms with van der Waals surface area (Å²) in [5.41, 5.74) is -4.29. The molecule has 0 radical (unpaired) electrons. The van der Waals surface area contributed by atoms with E-state index in [-0.39, 0.29) is 0 Å². The second kappa shape index (κ2) is 6.94. The number of alkyl halides is 3. The van der Waals surface area contributed by atoms with Crippen LogP contribution in [0.5, 0.6) is 0 Å². The number of aromatic carboxylic acids is 1. The van der Waals surface area contributed by atoms with Crippen LogP contribution in [-0.2, 0) is 10.1 Å². The minimum absolute atomic E-state index is 0.294. The number of quaternary nitrogens is 1. The first kappa shape index (κ1) is 20.8. The predicted octanol–water partition coefficient (Wildman–Crippen LogP) is 2.40. The quantitative estimate of drug-likeness (QED) is 0.461. The maximum atomic E-state index is 10.7. The van der Waals surface area contributed by atoms with Crippen LogP contribution in [0.25, 0.3) is 0 Å². The molecule has 0 aromatic heterocycles. The zero-order valence-corrected chi connectivity index (χ0v) is 14.1. The van der Waals surface area contributed by atoms with Crippen molar-refractivity contribution in [2.24, 2.45) is 0 Å². The molecule has 0 saturated carbocycles. The summed E-state index contributed by atoms with van der Waals surface area (Å²) in [7, 11) is -0.000356. The zero-order chi connectivity index (χ0) is 17.9. The average Bonchev–Trinajstić information content (AvgIpc) is 2.25. The van der Waals surface area contributed by atoms with Crippen LogP contribution >= 0.6 is 15.9 Å². The normalized spacial score (nSPS) is 12.4. The Morgan fingerprint density at radius 1 is 1.27 bits per heavy atom. The molecule has 0 spiro atoms. The fraction of sp³-hybridized carbons (Fsp3) is 0.364. The van der Waals surface area contributed by atoms with Gasteiger partial charge in [-0.15, -0.1) is 0 Å². The van der Waals surface area contributed by atoms with E-state index >= 15 is 0 Å². The molecule has 0 fully saturated rings. The molecule has 0 aliphatic heterocycles. The van der Waals surface area contributed by atoms with E-state index in [2.05, 4.69) is 15.9 Å². The summed E-state index contributed by atoms with van der Waals surface area (Å²) < 4.78 is 60.2. The van der Waals surface area contributed by atoms with Crippen molar-refractivity contribution in [3.05, 3.63) is 28.2 Å². The van der Waals surface area contributed by atoms with Crippen molar-refractivity contribution >= 4 is 37.7 Å². The minimum Gasteiger partial charge on any atom is -0.741 e. The van der Waals surface area contributed by atoms with Gasteiger partial charge < -0.3 is 9.66 Å². The summed E-state index contributed by atoms with van der Waals surface area (Å²) in [5, 5.41) is 8.82. The third-order valence-electron chi connectivity index (χ3n) is 2.24. The lowest BCUT2D eigenvalue weighted by Gasteiger charge is -2.23. The monoisotopic (exact) mass is 407 g/mol. The van der Waals surface area contributed by atoms with E-state index in [0.717, 1.165) is 5.69 Å². The molecule has 1 aromatic rings. The van der Waals surface area contributed by atoms with E-state index in [1.54, 1.807) is 6.07 Å². The highest BCUT2D eigenvalue weighted by atomic mass is 79.9. The number of carbonyl (C=O) groups is 1. The van der Waals surface area contributed by atoms with Crippen molar-refractivity contribution in [1.82, 2.24) is 4.48 Å². The molecule has 0 aliphatic rings. The highest BCUT2D eigenvalue weighted by molar-refractivity contribution is 9.10. The Bertz CT molecular complexity index is 653. The number of hydrogen-bond donors (Lipinski definition) is 1. The summed E-state index contributed by atoms with van der Waals surface area (Å²) in [6.45, 7) is 0. The number of nitrogens with zero attached hydrogens (tertiary/aromatic N) is 1. The second-order valence-electron chi connectivity index (χ2n) is 4.88. The Labute approximate surface area is 133 Å². The molecule has 0 saturated heterocycles. The average molecular weight is 408 g/mol. The number of hydrogen-bond acceptors (Lipinski definition) is 4. The smallest absolute Gasteiger partial charge is 0.485 e. The van der Waals surface area contributed by atoms with Gasteiger partial charge in [0, 0.05) is 16.6 Å². The summed E-state index contributed by atoms with van der Waals surface area (Å²) >= 11 is 3.25. The van der Waals surface area contributed by atoms with E-state index in [9.17, 15) is 18.0 Å². The van der Waals surface area contributed by atoms with Gasteiger partial charge >= 0.3 is 11.5 Å². The van der Waals surface area contributed by atoms with Gasteiger partial charge in [0.1, 0.15) is 5.69 Å². The van der Waals surface area contributed by atoms with Crippen molar-refractivity contribution in [3.8, 4) is 0 Å². The van der Waals surface area contributed by atoms with Crippen LogP contribution in [0.4, 0.5) is 18.9 Å². The van der Waals surface area contributed by atoms with Crippen LogP contribution in [0.3, 0.4) is 0 Å². The fourth-order valence-corrected chi connectivity index (χ4v) is 1.63. The molecule has 1 aromatic carbocycles. The first-order valence-electron chi connectivity index (χ1n) is 5.44. The largest absolute Gasteiger partial charge is 0.741 e. The minimum atomic E-state index is -6.09. The van der Waals surface area contributed by atoms with Gasteiger partial charge in [-0.05, 0) is 22.0 Å².